The Bertz CT molecular complexity index is 393. The molecule has 0 aliphatic carbocycles. The molecule has 16 heavy (non-hydrogen) atoms. The Labute approximate surface area is 99.7 Å². The lowest BCUT2D eigenvalue weighted by atomic mass is 10.1. The molecule has 0 saturated heterocycles. The van der Waals surface area contributed by atoms with Crippen LogP contribution in [0.4, 0.5) is 0 Å². The van der Waals surface area contributed by atoms with Crippen LogP contribution in [0.5, 0.6) is 0 Å². The van der Waals surface area contributed by atoms with Crippen molar-refractivity contribution in [2.24, 2.45) is 0 Å². The summed E-state index contributed by atoms with van der Waals surface area (Å²) in [5.41, 5.74) is 1.17. The van der Waals surface area contributed by atoms with E-state index in [0.29, 0.717) is 11.7 Å². The van der Waals surface area contributed by atoms with Gasteiger partial charge in [-0.2, -0.15) is 0 Å². The minimum absolute atomic E-state index is 0.286. The van der Waals surface area contributed by atoms with Crippen LogP contribution in [0.15, 0.2) is 24.3 Å². The summed E-state index contributed by atoms with van der Waals surface area (Å²) < 4.78 is 0. The summed E-state index contributed by atoms with van der Waals surface area (Å²) in [6, 6.07) is 6.77. The van der Waals surface area contributed by atoms with E-state index in [4.69, 9.17) is 17.3 Å². The molecular weight excluding hydrogens is 224 g/mol. The number of hydrogen-bond donors (Lipinski definition) is 3. The van der Waals surface area contributed by atoms with E-state index in [-0.39, 0.29) is 5.56 Å². The maximum Gasteiger partial charge on any atom is 0.335 e. The second-order valence-electron chi connectivity index (χ2n) is 3.22. The fraction of sp³-hybridized carbons (Fsp3) is 0.273. The van der Waals surface area contributed by atoms with Gasteiger partial charge in [-0.3, -0.25) is 0 Å². The van der Waals surface area contributed by atoms with Crippen LogP contribution in [0.2, 0.25) is 0 Å². The number of benzene rings is 1. The van der Waals surface area contributed by atoms with Crippen molar-refractivity contribution in [3.05, 3.63) is 35.4 Å². The lowest BCUT2D eigenvalue weighted by Crippen LogP contribution is -2.34. The van der Waals surface area contributed by atoms with Crippen LogP contribution in [0.25, 0.3) is 0 Å². The molecule has 0 bridgehead atoms. The molecule has 1 aromatic rings. The van der Waals surface area contributed by atoms with E-state index in [1.165, 1.54) is 0 Å². The van der Waals surface area contributed by atoms with Gasteiger partial charge in [0, 0.05) is 13.1 Å². The molecule has 1 aromatic carbocycles. The minimum atomic E-state index is -0.920. The molecule has 4 nitrogen and oxygen atoms in total. The summed E-state index contributed by atoms with van der Waals surface area (Å²) in [6.07, 6.45) is 0. The molecule has 0 spiro atoms. The Hall–Kier alpha value is -1.62. The smallest absolute Gasteiger partial charge is 0.335 e. The molecule has 0 aliphatic rings. The van der Waals surface area contributed by atoms with Crippen molar-refractivity contribution in [3.63, 3.8) is 0 Å². The van der Waals surface area contributed by atoms with E-state index in [0.717, 1.165) is 12.1 Å². The number of nitrogens with one attached hydrogen (secondary N) is 2. The normalized spacial score (nSPS) is 9.56. The Morgan fingerprint density at radius 1 is 1.44 bits per heavy atom. The summed E-state index contributed by atoms with van der Waals surface area (Å²) in [5.74, 6) is -0.920. The van der Waals surface area contributed by atoms with Gasteiger partial charge in [0.25, 0.3) is 0 Å². The number of carbonyl (C=O) groups is 1. The van der Waals surface area contributed by atoms with E-state index in [1.54, 1.807) is 18.2 Å². The zero-order valence-corrected chi connectivity index (χ0v) is 9.80. The van der Waals surface area contributed by atoms with Crippen LogP contribution >= 0.6 is 12.2 Å². The molecule has 0 radical (unpaired) electrons. The summed E-state index contributed by atoms with van der Waals surface area (Å²) in [7, 11) is 0. The van der Waals surface area contributed by atoms with Crippen molar-refractivity contribution in [2.45, 2.75) is 13.5 Å². The fourth-order valence-electron chi connectivity index (χ4n) is 1.22. The molecule has 1 rings (SSSR count). The minimum Gasteiger partial charge on any atom is -0.478 e. The van der Waals surface area contributed by atoms with Gasteiger partial charge in [-0.1, -0.05) is 12.1 Å². The molecule has 0 aliphatic heterocycles. The van der Waals surface area contributed by atoms with Gasteiger partial charge >= 0.3 is 5.97 Å². The molecule has 0 fully saturated rings. The van der Waals surface area contributed by atoms with Crippen LogP contribution in [0.1, 0.15) is 22.8 Å². The van der Waals surface area contributed by atoms with Crippen LogP contribution in [0, 0.1) is 0 Å². The Kier molecular flexibility index (Phi) is 4.72. The first-order valence-corrected chi connectivity index (χ1v) is 5.38. The zero-order valence-electron chi connectivity index (χ0n) is 8.99. The van der Waals surface area contributed by atoms with E-state index < -0.39 is 5.97 Å². The molecule has 0 aromatic heterocycles. The maximum absolute atomic E-state index is 10.7. The van der Waals surface area contributed by atoms with Gasteiger partial charge in [-0.05, 0) is 36.8 Å². The summed E-state index contributed by atoms with van der Waals surface area (Å²) in [6.45, 7) is 3.24. The zero-order chi connectivity index (χ0) is 12.0. The first-order valence-electron chi connectivity index (χ1n) is 4.97. The molecule has 5 heteroatoms. The SMILES string of the molecule is CCNC(=S)NCc1cccc(C(=O)O)c1. The maximum atomic E-state index is 10.7. The number of thiocarbonyl (C=S) groups is 1. The van der Waals surface area contributed by atoms with Crippen molar-refractivity contribution in [1.82, 2.24) is 10.6 Å². The lowest BCUT2D eigenvalue weighted by molar-refractivity contribution is 0.0697. The van der Waals surface area contributed by atoms with Gasteiger partial charge in [0.2, 0.25) is 0 Å². The third kappa shape index (κ3) is 3.86. The number of rotatable bonds is 4. The molecule has 86 valence electrons. The number of hydrogen-bond acceptors (Lipinski definition) is 2. The standard InChI is InChI=1S/C11H14N2O2S/c1-2-12-11(16)13-7-8-4-3-5-9(6-8)10(14)15/h3-6H,2,7H2,1H3,(H,14,15)(H2,12,13,16). The van der Waals surface area contributed by atoms with E-state index in [2.05, 4.69) is 10.6 Å². The number of carboxylic acids is 1. The Morgan fingerprint density at radius 2 is 2.19 bits per heavy atom. The topological polar surface area (TPSA) is 61.4 Å². The largest absolute Gasteiger partial charge is 0.478 e. The Balaban J connectivity index is 2.57. The van der Waals surface area contributed by atoms with Crippen molar-refractivity contribution >= 4 is 23.3 Å². The molecule has 0 heterocycles. The molecule has 0 unspecified atom stereocenters. The van der Waals surface area contributed by atoms with Gasteiger partial charge in [0.05, 0.1) is 5.56 Å². The summed E-state index contributed by atoms with van der Waals surface area (Å²) >= 11 is 5.00. The van der Waals surface area contributed by atoms with Gasteiger partial charge in [-0.25, -0.2) is 4.79 Å². The van der Waals surface area contributed by atoms with Crippen molar-refractivity contribution in [3.8, 4) is 0 Å². The molecule has 0 saturated carbocycles. The second-order valence-corrected chi connectivity index (χ2v) is 3.63. The predicted molar refractivity (Wildman–Crippen MR) is 66.5 cm³/mol. The highest BCUT2D eigenvalue weighted by atomic mass is 32.1. The van der Waals surface area contributed by atoms with Gasteiger partial charge in [-0.15, -0.1) is 0 Å². The summed E-state index contributed by atoms with van der Waals surface area (Å²) in [4.78, 5) is 10.7. The highest BCUT2D eigenvalue weighted by Gasteiger charge is 2.03. The first-order chi connectivity index (χ1) is 7.63. The van der Waals surface area contributed by atoms with Crippen LogP contribution in [-0.2, 0) is 6.54 Å². The van der Waals surface area contributed by atoms with E-state index in [9.17, 15) is 4.79 Å². The monoisotopic (exact) mass is 238 g/mol. The predicted octanol–water partition coefficient (Wildman–Crippen LogP) is 1.37. The molecule has 3 N–H and O–H groups in total. The average Bonchev–Trinajstić information content (AvgIpc) is 2.27. The third-order valence-corrected chi connectivity index (χ3v) is 2.25. The second kappa shape index (κ2) is 6.07. The van der Waals surface area contributed by atoms with Gasteiger partial charge in [0.1, 0.15) is 0 Å². The van der Waals surface area contributed by atoms with Crippen LogP contribution < -0.4 is 10.6 Å². The van der Waals surface area contributed by atoms with E-state index >= 15 is 0 Å². The number of carboxylic acid groups (broad SMARTS) is 1. The lowest BCUT2D eigenvalue weighted by Gasteiger charge is -2.08. The van der Waals surface area contributed by atoms with Gasteiger partial charge < -0.3 is 15.7 Å². The van der Waals surface area contributed by atoms with Crippen molar-refractivity contribution < 1.29 is 9.90 Å². The highest BCUT2D eigenvalue weighted by molar-refractivity contribution is 7.80. The van der Waals surface area contributed by atoms with Gasteiger partial charge in [0.15, 0.2) is 5.11 Å². The quantitative estimate of drug-likeness (QED) is 0.692. The molecule has 0 atom stereocenters. The first kappa shape index (κ1) is 12.4. The molecular formula is C11H14N2O2S. The third-order valence-electron chi connectivity index (χ3n) is 1.96. The Morgan fingerprint density at radius 3 is 2.81 bits per heavy atom. The summed E-state index contributed by atoms with van der Waals surface area (Å²) in [5, 5.41) is 15.3. The molecule has 0 amide bonds. The van der Waals surface area contributed by atoms with Crippen molar-refractivity contribution in [1.29, 1.82) is 0 Å². The fourth-order valence-corrected chi connectivity index (χ4v) is 1.44. The van der Waals surface area contributed by atoms with Crippen LogP contribution in [0.3, 0.4) is 0 Å². The average molecular weight is 238 g/mol. The van der Waals surface area contributed by atoms with E-state index in [1.807, 2.05) is 13.0 Å². The highest BCUT2D eigenvalue weighted by Crippen LogP contribution is 2.04. The van der Waals surface area contributed by atoms with Crippen LogP contribution in [-0.4, -0.2) is 22.7 Å². The number of aromatic carboxylic acids is 1. The van der Waals surface area contributed by atoms with Crippen molar-refractivity contribution in [2.75, 3.05) is 6.54 Å².